The van der Waals surface area contributed by atoms with Crippen LogP contribution in [0.25, 0.3) is 0 Å². The lowest BCUT2D eigenvalue weighted by atomic mass is 10.1. The van der Waals surface area contributed by atoms with Crippen molar-refractivity contribution in [1.82, 2.24) is 10.3 Å². The standard InChI is InChI=1S/C20H27N5/c21-20(23-13-11-18-9-4-5-12-22-18)24-16-17-8-2-3-10-19(17)25-14-6-1-7-15-25/h2-5,8-10,12H,1,6-7,11,13-16H2,(H3,21,23,24). The minimum absolute atomic E-state index is 0.490. The van der Waals surface area contributed by atoms with Crippen molar-refractivity contribution in [2.24, 2.45) is 10.7 Å². The van der Waals surface area contributed by atoms with Gasteiger partial charge in [-0.3, -0.25) is 4.98 Å². The van der Waals surface area contributed by atoms with Gasteiger partial charge in [-0.25, -0.2) is 4.99 Å². The van der Waals surface area contributed by atoms with Crippen molar-refractivity contribution < 1.29 is 0 Å². The van der Waals surface area contributed by atoms with Crippen molar-refractivity contribution in [2.45, 2.75) is 32.2 Å². The van der Waals surface area contributed by atoms with Crippen LogP contribution in [0, 0.1) is 0 Å². The number of anilines is 1. The van der Waals surface area contributed by atoms with E-state index in [2.05, 4.69) is 44.5 Å². The molecule has 2 heterocycles. The quantitative estimate of drug-likeness (QED) is 0.628. The molecule has 0 saturated carbocycles. The number of aromatic nitrogens is 1. The van der Waals surface area contributed by atoms with E-state index < -0.39 is 0 Å². The Balaban J connectivity index is 1.54. The summed E-state index contributed by atoms with van der Waals surface area (Å²) >= 11 is 0. The van der Waals surface area contributed by atoms with E-state index in [4.69, 9.17) is 5.73 Å². The van der Waals surface area contributed by atoms with Gasteiger partial charge in [0.2, 0.25) is 0 Å². The lowest BCUT2D eigenvalue weighted by Crippen LogP contribution is -2.33. The summed E-state index contributed by atoms with van der Waals surface area (Å²) in [5.41, 5.74) is 9.61. The number of piperidine rings is 1. The maximum absolute atomic E-state index is 6.02. The first kappa shape index (κ1) is 17.3. The molecule has 3 rings (SSSR count). The van der Waals surface area contributed by atoms with Crippen molar-refractivity contribution in [3.63, 3.8) is 0 Å². The minimum Gasteiger partial charge on any atom is -0.371 e. The highest BCUT2D eigenvalue weighted by molar-refractivity contribution is 5.77. The summed E-state index contributed by atoms with van der Waals surface area (Å²) in [6.45, 7) is 3.62. The summed E-state index contributed by atoms with van der Waals surface area (Å²) < 4.78 is 0. The zero-order chi connectivity index (χ0) is 17.3. The third-order valence-electron chi connectivity index (χ3n) is 4.52. The van der Waals surface area contributed by atoms with Crippen LogP contribution in [0.15, 0.2) is 53.7 Å². The minimum atomic E-state index is 0.490. The molecule has 1 saturated heterocycles. The molecule has 2 aromatic rings. The predicted molar refractivity (Wildman–Crippen MR) is 104 cm³/mol. The first-order valence-corrected chi connectivity index (χ1v) is 9.09. The van der Waals surface area contributed by atoms with Crippen molar-refractivity contribution >= 4 is 11.6 Å². The predicted octanol–water partition coefficient (Wildman–Crippen LogP) is 2.72. The average molecular weight is 337 g/mol. The monoisotopic (exact) mass is 337 g/mol. The van der Waals surface area contributed by atoms with E-state index in [-0.39, 0.29) is 0 Å². The summed E-state index contributed by atoms with van der Waals surface area (Å²) in [5.74, 6) is 0.490. The van der Waals surface area contributed by atoms with Crippen LogP contribution in [0.2, 0.25) is 0 Å². The fraction of sp³-hybridized carbons (Fsp3) is 0.400. The number of nitrogens with zero attached hydrogens (tertiary/aromatic N) is 3. The second kappa shape index (κ2) is 9.06. The van der Waals surface area contributed by atoms with Crippen molar-refractivity contribution in [3.8, 4) is 0 Å². The van der Waals surface area contributed by atoms with Crippen LogP contribution in [0.4, 0.5) is 5.69 Å². The Kier molecular flexibility index (Phi) is 6.26. The Bertz CT molecular complexity index is 677. The number of aliphatic imine (C=N–C) groups is 1. The van der Waals surface area contributed by atoms with Crippen LogP contribution >= 0.6 is 0 Å². The lowest BCUT2D eigenvalue weighted by Gasteiger charge is -2.30. The average Bonchev–Trinajstić information content (AvgIpc) is 2.68. The van der Waals surface area contributed by atoms with Gasteiger partial charge in [0.1, 0.15) is 0 Å². The van der Waals surface area contributed by atoms with Crippen LogP contribution < -0.4 is 16.0 Å². The molecule has 5 heteroatoms. The second-order valence-electron chi connectivity index (χ2n) is 6.38. The third-order valence-corrected chi connectivity index (χ3v) is 4.52. The zero-order valence-corrected chi connectivity index (χ0v) is 14.7. The highest BCUT2D eigenvalue weighted by atomic mass is 15.1. The van der Waals surface area contributed by atoms with Crippen LogP contribution in [-0.4, -0.2) is 30.6 Å². The fourth-order valence-electron chi connectivity index (χ4n) is 3.18. The number of nitrogens with one attached hydrogen (secondary N) is 1. The summed E-state index contributed by atoms with van der Waals surface area (Å²) in [6, 6.07) is 14.5. The zero-order valence-electron chi connectivity index (χ0n) is 14.7. The van der Waals surface area contributed by atoms with Crippen LogP contribution in [0.1, 0.15) is 30.5 Å². The first-order chi connectivity index (χ1) is 12.3. The Morgan fingerprint density at radius 3 is 2.68 bits per heavy atom. The topological polar surface area (TPSA) is 66.5 Å². The molecule has 0 bridgehead atoms. The Morgan fingerprint density at radius 1 is 1.08 bits per heavy atom. The molecule has 0 amide bonds. The largest absolute Gasteiger partial charge is 0.371 e. The molecule has 0 atom stereocenters. The van der Waals surface area contributed by atoms with E-state index in [9.17, 15) is 0 Å². The molecule has 3 N–H and O–H groups in total. The molecule has 0 spiro atoms. The second-order valence-corrected chi connectivity index (χ2v) is 6.38. The molecule has 1 aliphatic heterocycles. The van der Waals surface area contributed by atoms with Gasteiger partial charge in [-0.15, -0.1) is 0 Å². The van der Waals surface area contributed by atoms with E-state index in [1.165, 1.54) is 30.5 Å². The summed E-state index contributed by atoms with van der Waals surface area (Å²) in [6.07, 6.45) is 6.53. The van der Waals surface area contributed by atoms with Gasteiger partial charge in [-0.2, -0.15) is 0 Å². The number of para-hydroxylation sites is 1. The number of hydrogen-bond donors (Lipinski definition) is 2. The number of rotatable bonds is 6. The molecule has 1 aromatic heterocycles. The summed E-state index contributed by atoms with van der Waals surface area (Å²) in [4.78, 5) is 11.3. The van der Waals surface area contributed by atoms with E-state index in [1.807, 2.05) is 24.4 Å². The summed E-state index contributed by atoms with van der Waals surface area (Å²) in [5, 5.41) is 3.17. The molecule has 25 heavy (non-hydrogen) atoms. The number of benzene rings is 1. The molecule has 1 aromatic carbocycles. The maximum Gasteiger partial charge on any atom is 0.188 e. The van der Waals surface area contributed by atoms with Gasteiger partial charge in [-0.05, 0) is 43.0 Å². The van der Waals surface area contributed by atoms with Crippen LogP contribution in [0.5, 0.6) is 0 Å². The van der Waals surface area contributed by atoms with Gasteiger partial charge in [0.15, 0.2) is 5.96 Å². The fourth-order valence-corrected chi connectivity index (χ4v) is 3.18. The Hall–Kier alpha value is -2.56. The molecule has 0 radical (unpaired) electrons. The molecule has 132 valence electrons. The molecule has 5 nitrogen and oxygen atoms in total. The van der Waals surface area contributed by atoms with Gasteiger partial charge in [0.25, 0.3) is 0 Å². The van der Waals surface area contributed by atoms with Gasteiger partial charge >= 0.3 is 0 Å². The van der Waals surface area contributed by atoms with Gasteiger partial charge in [-0.1, -0.05) is 24.3 Å². The van der Waals surface area contributed by atoms with Crippen molar-refractivity contribution in [2.75, 3.05) is 24.5 Å². The highest BCUT2D eigenvalue weighted by Crippen LogP contribution is 2.24. The smallest absolute Gasteiger partial charge is 0.188 e. The Morgan fingerprint density at radius 2 is 1.88 bits per heavy atom. The molecule has 0 aliphatic carbocycles. The van der Waals surface area contributed by atoms with E-state index in [0.29, 0.717) is 12.5 Å². The number of hydrogen-bond acceptors (Lipinski definition) is 3. The van der Waals surface area contributed by atoms with Crippen molar-refractivity contribution in [3.05, 3.63) is 59.9 Å². The highest BCUT2D eigenvalue weighted by Gasteiger charge is 2.13. The van der Waals surface area contributed by atoms with E-state index in [1.54, 1.807) is 0 Å². The molecule has 0 unspecified atom stereocenters. The number of pyridine rings is 1. The SMILES string of the molecule is NC(=NCc1ccccc1N1CCCCC1)NCCc1ccccn1. The van der Waals surface area contributed by atoms with Crippen LogP contribution in [-0.2, 0) is 13.0 Å². The first-order valence-electron chi connectivity index (χ1n) is 9.09. The maximum atomic E-state index is 6.02. The molecular formula is C20H27N5. The molecular weight excluding hydrogens is 310 g/mol. The van der Waals surface area contributed by atoms with Gasteiger partial charge in [0, 0.05) is 43.6 Å². The van der Waals surface area contributed by atoms with E-state index >= 15 is 0 Å². The number of guanidine groups is 1. The third kappa shape index (κ3) is 5.21. The Labute approximate surface area is 150 Å². The van der Waals surface area contributed by atoms with Crippen molar-refractivity contribution in [1.29, 1.82) is 0 Å². The van der Waals surface area contributed by atoms with Gasteiger partial charge < -0.3 is 16.0 Å². The van der Waals surface area contributed by atoms with Crippen LogP contribution in [0.3, 0.4) is 0 Å². The van der Waals surface area contributed by atoms with E-state index in [0.717, 1.165) is 31.7 Å². The summed E-state index contributed by atoms with van der Waals surface area (Å²) in [7, 11) is 0. The van der Waals surface area contributed by atoms with Gasteiger partial charge in [0.05, 0.1) is 6.54 Å². The lowest BCUT2D eigenvalue weighted by molar-refractivity contribution is 0.576. The molecule has 1 fully saturated rings. The normalized spacial score (nSPS) is 15.2. The molecule has 1 aliphatic rings. The number of nitrogens with two attached hydrogens (primary N) is 1.